The van der Waals surface area contributed by atoms with Crippen LogP contribution < -0.4 is 5.56 Å². The first-order valence-electron chi connectivity index (χ1n) is 8.58. The summed E-state index contributed by atoms with van der Waals surface area (Å²) in [5.74, 6) is 0.617. The van der Waals surface area contributed by atoms with Gasteiger partial charge in [0.25, 0.3) is 5.56 Å². The highest BCUT2D eigenvalue weighted by Crippen LogP contribution is 2.32. The number of aromatic amines is 1. The van der Waals surface area contributed by atoms with Crippen molar-refractivity contribution in [3.05, 3.63) is 69.0 Å². The Labute approximate surface area is 150 Å². The van der Waals surface area contributed by atoms with Crippen molar-refractivity contribution < 1.29 is 0 Å². The molecule has 0 aromatic carbocycles. The maximum atomic E-state index is 12.2. The number of likely N-dealkylation sites (tertiary alicyclic amines) is 1. The zero-order valence-corrected chi connectivity index (χ0v) is 14.7. The van der Waals surface area contributed by atoms with Gasteiger partial charge in [0, 0.05) is 35.4 Å². The Kier molecular flexibility index (Phi) is 4.72. The summed E-state index contributed by atoms with van der Waals surface area (Å²) in [5.41, 5.74) is 1.65. The fourth-order valence-corrected chi connectivity index (χ4v) is 4.14. The van der Waals surface area contributed by atoms with Gasteiger partial charge in [0.2, 0.25) is 0 Å². The molecule has 0 amide bonds. The lowest BCUT2D eigenvalue weighted by atomic mass is 9.99. The van der Waals surface area contributed by atoms with E-state index in [1.807, 2.05) is 12.1 Å². The van der Waals surface area contributed by atoms with Gasteiger partial charge in [0.05, 0.1) is 11.7 Å². The van der Waals surface area contributed by atoms with E-state index in [9.17, 15) is 4.79 Å². The lowest BCUT2D eigenvalue weighted by Gasteiger charge is -2.35. The topological polar surface area (TPSA) is 61.9 Å². The molecular weight excluding hydrogens is 332 g/mol. The third kappa shape index (κ3) is 3.70. The lowest BCUT2D eigenvalue weighted by Crippen LogP contribution is -2.34. The molecule has 0 aliphatic carbocycles. The molecule has 128 valence electrons. The number of hydrogen-bond donors (Lipinski definition) is 1. The van der Waals surface area contributed by atoms with E-state index in [2.05, 4.69) is 32.4 Å². The van der Waals surface area contributed by atoms with Gasteiger partial charge in [0.1, 0.15) is 5.82 Å². The molecule has 1 atom stereocenters. The Balaban J connectivity index is 1.67. The molecule has 4 rings (SSSR count). The van der Waals surface area contributed by atoms with Crippen LogP contribution in [0.5, 0.6) is 0 Å². The standard InChI is InChI=1S/C19H20N4OS/c24-18-12-16(21-19(22-18)14-6-8-20-9-7-14)17-5-1-2-10-23(17)13-15-4-3-11-25-15/h3-4,6-9,11-12,17H,1-2,5,10,13H2,(H,21,22,24)/t17-/m1/s1. The first kappa shape index (κ1) is 16.2. The minimum atomic E-state index is -0.0986. The van der Waals surface area contributed by atoms with E-state index in [0.29, 0.717) is 5.82 Å². The molecule has 0 spiro atoms. The predicted molar refractivity (Wildman–Crippen MR) is 99.4 cm³/mol. The summed E-state index contributed by atoms with van der Waals surface area (Å²) in [5, 5.41) is 2.11. The van der Waals surface area contributed by atoms with Gasteiger partial charge in [-0.2, -0.15) is 0 Å². The van der Waals surface area contributed by atoms with Gasteiger partial charge < -0.3 is 4.98 Å². The van der Waals surface area contributed by atoms with Crippen LogP contribution in [-0.4, -0.2) is 26.4 Å². The van der Waals surface area contributed by atoms with Crippen LogP contribution in [0, 0.1) is 0 Å². The van der Waals surface area contributed by atoms with E-state index in [1.54, 1.807) is 29.8 Å². The van der Waals surface area contributed by atoms with Crippen molar-refractivity contribution in [2.45, 2.75) is 31.8 Å². The highest BCUT2D eigenvalue weighted by molar-refractivity contribution is 7.09. The highest BCUT2D eigenvalue weighted by atomic mass is 32.1. The monoisotopic (exact) mass is 352 g/mol. The molecule has 1 N–H and O–H groups in total. The molecule has 1 aliphatic rings. The maximum absolute atomic E-state index is 12.2. The van der Waals surface area contributed by atoms with Crippen LogP contribution in [0.25, 0.3) is 11.4 Å². The van der Waals surface area contributed by atoms with Crippen LogP contribution in [0.15, 0.2) is 52.9 Å². The summed E-state index contributed by atoms with van der Waals surface area (Å²) in [6.45, 7) is 1.96. The van der Waals surface area contributed by atoms with Gasteiger partial charge >= 0.3 is 0 Å². The third-order valence-electron chi connectivity index (χ3n) is 4.61. The second kappa shape index (κ2) is 7.29. The highest BCUT2D eigenvalue weighted by Gasteiger charge is 2.26. The Morgan fingerprint density at radius 1 is 1.24 bits per heavy atom. The number of aromatic nitrogens is 3. The van der Waals surface area contributed by atoms with Crippen molar-refractivity contribution in [3.8, 4) is 11.4 Å². The SMILES string of the molecule is O=c1cc([C@H]2CCCCN2Cc2cccs2)nc(-c2ccncc2)[nH]1. The number of thiophene rings is 1. The van der Waals surface area contributed by atoms with Crippen LogP contribution in [0.1, 0.15) is 35.9 Å². The Morgan fingerprint density at radius 3 is 2.92 bits per heavy atom. The smallest absolute Gasteiger partial charge is 0.251 e. The molecular formula is C19H20N4OS. The Hall–Kier alpha value is -2.31. The van der Waals surface area contributed by atoms with E-state index in [-0.39, 0.29) is 11.6 Å². The van der Waals surface area contributed by atoms with Crippen LogP contribution in [0.3, 0.4) is 0 Å². The van der Waals surface area contributed by atoms with Crippen molar-refractivity contribution in [1.29, 1.82) is 0 Å². The van der Waals surface area contributed by atoms with Gasteiger partial charge in [0.15, 0.2) is 0 Å². The zero-order valence-electron chi connectivity index (χ0n) is 13.9. The predicted octanol–water partition coefficient (Wildman–Crippen LogP) is 3.62. The van der Waals surface area contributed by atoms with Crippen molar-refractivity contribution in [1.82, 2.24) is 19.9 Å². The fourth-order valence-electron chi connectivity index (χ4n) is 3.41. The Bertz CT molecular complexity index is 876. The summed E-state index contributed by atoms with van der Waals surface area (Å²) in [7, 11) is 0. The minimum absolute atomic E-state index is 0.0986. The quantitative estimate of drug-likeness (QED) is 0.779. The van der Waals surface area contributed by atoms with Crippen molar-refractivity contribution >= 4 is 11.3 Å². The van der Waals surface area contributed by atoms with Gasteiger partial charge in [-0.1, -0.05) is 12.5 Å². The molecule has 5 nitrogen and oxygen atoms in total. The third-order valence-corrected chi connectivity index (χ3v) is 5.47. The first-order valence-corrected chi connectivity index (χ1v) is 9.46. The molecule has 0 bridgehead atoms. The second-order valence-electron chi connectivity index (χ2n) is 6.32. The molecule has 3 aromatic rings. The summed E-state index contributed by atoms with van der Waals surface area (Å²) in [4.78, 5) is 27.7. The second-order valence-corrected chi connectivity index (χ2v) is 7.35. The Morgan fingerprint density at radius 2 is 2.12 bits per heavy atom. The van der Waals surface area contributed by atoms with Crippen molar-refractivity contribution in [2.75, 3.05) is 6.54 Å². The molecule has 25 heavy (non-hydrogen) atoms. The van der Waals surface area contributed by atoms with Crippen molar-refractivity contribution in [3.63, 3.8) is 0 Å². The fraction of sp³-hybridized carbons (Fsp3) is 0.316. The van der Waals surface area contributed by atoms with Gasteiger partial charge in [-0.25, -0.2) is 4.98 Å². The van der Waals surface area contributed by atoms with Crippen LogP contribution >= 0.6 is 11.3 Å². The normalized spacial score (nSPS) is 18.3. The summed E-state index contributed by atoms with van der Waals surface area (Å²) < 4.78 is 0. The summed E-state index contributed by atoms with van der Waals surface area (Å²) >= 11 is 1.78. The molecule has 6 heteroatoms. The minimum Gasteiger partial charge on any atom is -0.307 e. The lowest BCUT2D eigenvalue weighted by molar-refractivity contribution is 0.138. The summed E-state index contributed by atoms with van der Waals surface area (Å²) in [6.07, 6.45) is 6.84. The summed E-state index contributed by atoms with van der Waals surface area (Å²) in [6, 6.07) is 9.84. The van der Waals surface area contributed by atoms with E-state index < -0.39 is 0 Å². The molecule has 0 radical (unpaired) electrons. The maximum Gasteiger partial charge on any atom is 0.251 e. The first-order chi connectivity index (χ1) is 12.3. The zero-order chi connectivity index (χ0) is 17.1. The average Bonchev–Trinajstić information content (AvgIpc) is 3.15. The molecule has 1 fully saturated rings. The van der Waals surface area contributed by atoms with Crippen LogP contribution in [0.4, 0.5) is 0 Å². The van der Waals surface area contributed by atoms with Gasteiger partial charge in [-0.05, 0) is 43.0 Å². The van der Waals surface area contributed by atoms with Crippen LogP contribution in [0.2, 0.25) is 0 Å². The van der Waals surface area contributed by atoms with Crippen molar-refractivity contribution in [2.24, 2.45) is 0 Å². The number of nitrogens with zero attached hydrogens (tertiary/aromatic N) is 3. The molecule has 0 saturated carbocycles. The van der Waals surface area contributed by atoms with E-state index >= 15 is 0 Å². The van der Waals surface area contributed by atoms with E-state index in [4.69, 9.17) is 4.98 Å². The molecule has 1 aliphatic heterocycles. The number of hydrogen-bond acceptors (Lipinski definition) is 5. The average molecular weight is 352 g/mol. The van der Waals surface area contributed by atoms with Crippen LogP contribution in [-0.2, 0) is 6.54 Å². The molecule has 0 unspecified atom stereocenters. The number of H-pyrrole nitrogens is 1. The van der Waals surface area contributed by atoms with E-state index in [1.165, 1.54) is 17.7 Å². The molecule has 3 aromatic heterocycles. The molecule has 4 heterocycles. The largest absolute Gasteiger partial charge is 0.307 e. The molecule has 1 saturated heterocycles. The number of nitrogens with one attached hydrogen (secondary N) is 1. The van der Waals surface area contributed by atoms with Gasteiger partial charge in [-0.3, -0.25) is 14.7 Å². The number of pyridine rings is 1. The number of piperidine rings is 1. The van der Waals surface area contributed by atoms with E-state index in [0.717, 1.165) is 30.8 Å². The van der Waals surface area contributed by atoms with Gasteiger partial charge in [-0.15, -0.1) is 11.3 Å². The number of rotatable bonds is 4.